The van der Waals surface area contributed by atoms with Gasteiger partial charge >= 0.3 is 17.8 Å². The zero-order valence-corrected chi connectivity index (χ0v) is 22.0. The van der Waals surface area contributed by atoms with Crippen LogP contribution in [-0.4, -0.2) is 30.6 Å². The maximum Gasteiger partial charge on any atom is 0.343 e. The molecule has 0 aliphatic heterocycles. The zero-order valence-electron chi connectivity index (χ0n) is 18.9. The van der Waals surface area contributed by atoms with E-state index in [4.69, 9.17) is 32.7 Å². The van der Waals surface area contributed by atoms with Gasteiger partial charge in [0.1, 0.15) is 11.5 Å². The number of hydrogen-bond donors (Lipinski definition) is 2. The van der Waals surface area contributed by atoms with Gasteiger partial charge in [0.05, 0.1) is 34.1 Å². The van der Waals surface area contributed by atoms with Gasteiger partial charge in [-0.1, -0.05) is 52.1 Å². The fraction of sp³-hybridized carbons (Fsp3) is 0.120. The lowest BCUT2D eigenvalue weighted by Gasteiger charge is -2.09. The molecule has 0 bridgehead atoms. The lowest BCUT2D eigenvalue weighted by atomic mass is 10.2. The molecule has 0 unspecified atom stereocenters. The molecule has 0 atom stereocenters. The van der Waals surface area contributed by atoms with Crippen LogP contribution >= 0.6 is 39.1 Å². The van der Waals surface area contributed by atoms with Crippen molar-refractivity contribution in [2.45, 2.75) is 13.3 Å². The van der Waals surface area contributed by atoms with E-state index in [9.17, 15) is 14.4 Å². The van der Waals surface area contributed by atoms with Crippen LogP contribution in [0.2, 0.25) is 10.0 Å². The molecule has 36 heavy (non-hydrogen) atoms. The summed E-state index contributed by atoms with van der Waals surface area (Å²) in [5, 5.41) is 6.48. The molecule has 0 fully saturated rings. The Balaban J connectivity index is 1.65. The van der Waals surface area contributed by atoms with Crippen molar-refractivity contribution in [1.29, 1.82) is 0 Å². The number of nitrogens with one attached hydrogen (secondary N) is 2. The lowest BCUT2D eigenvalue weighted by Crippen LogP contribution is -2.32. The van der Waals surface area contributed by atoms with Gasteiger partial charge < -0.3 is 14.8 Å². The number of carbonyl (C=O) groups is 3. The van der Waals surface area contributed by atoms with E-state index < -0.39 is 17.8 Å². The average Bonchev–Trinajstić information content (AvgIpc) is 2.87. The van der Waals surface area contributed by atoms with Crippen LogP contribution in [0.5, 0.6) is 11.5 Å². The van der Waals surface area contributed by atoms with Gasteiger partial charge in [-0.3, -0.25) is 9.59 Å². The van der Waals surface area contributed by atoms with Crippen LogP contribution in [0.3, 0.4) is 0 Å². The maximum atomic E-state index is 12.6. The first kappa shape index (κ1) is 27.2. The van der Waals surface area contributed by atoms with Gasteiger partial charge in [0.25, 0.3) is 0 Å². The molecule has 0 radical (unpaired) electrons. The van der Waals surface area contributed by atoms with Crippen molar-refractivity contribution < 1.29 is 23.9 Å². The minimum Gasteiger partial charge on any atom is -0.494 e. The number of anilines is 1. The molecule has 8 nitrogen and oxygen atoms in total. The summed E-state index contributed by atoms with van der Waals surface area (Å²) >= 11 is 15.3. The first-order valence-electron chi connectivity index (χ1n) is 10.6. The molecule has 0 aliphatic carbocycles. The number of hydrogen-bond acceptors (Lipinski definition) is 6. The normalized spacial score (nSPS) is 10.7. The molecule has 3 rings (SSSR count). The third-order valence-electron chi connectivity index (χ3n) is 4.51. The van der Waals surface area contributed by atoms with Crippen molar-refractivity contribution in [2.75, 3.05) is 11.9 Å². The number of hydrazone groups is 1. The number of halogens is 3. The van der Waals surface area contributed by atoms with Gasteiger partial charge in [0.15, 0.2) is 0 Å². The highest BCUT2D eigenvalue weighted by Gasteiger charge is 2.16. The minimum absolute atomic E-state index is 0.104. The Kier molecular flexibility index (Phi) is 9.86. The average molecular weight is 593 g/mol. The summed E-state index contributed by atoms with van der Waals surface area (Å²) in [5.74, 6) is -1.77. The summed E-state index contributed by atoms with van der Waals surface area (Å²) in [4.78, 5) is 36.9. The van der Waals surface area contributed by atoms with Crippen LogP contribution in [0.4, 0.5) is 5.69 Å². The van der Waals surface area contributed by atoms with Crippen LogP contribution < -0.4 is 20.2 Å². The predicted octanol–water partition coefficient (Wildman–Crippen LogP) is 5.85. The quantitative estimate of drug-likeness (QED) is 0.112. The first-order chi connectivity index (χ1) is 17.3. The van der Waals surface area contributed by atoms with Crippen LogP contribution in [0.1, 0.15) is 29.3 Å². The van der Waals surface area contributed by atoms with Crippen molar-refractivity contribution >= 4 is 68.8 Å². The van der Waals surface area contributed by atoms with Crippen molar-refractivity contribution in [2.24, 2.45) is 5.10 Å². The Morgan fingerprint density at radius 2 is 1.78 bits per heavy atom. The summed E-state index contributed by atoms with van der Waals surface area (Å²) in [6.07, 6.45) is 2.12. The number of amides is 2. The Bertz CT molecular complexity index is 1300. The third-order valence-corrected chi connectivity index (χ3v) is 5.83. The summed E-state index contributed by atoms with van der Waals surface area (Å²) in [7, 11) is 0. The Morgan fingerprint density at radius 1 is 1.03 bits per heavy atom. The van der Waals surface area contributed by atoms with Crippen LogP contribution in [0, 0.1) is 0 Å². The van der Waals surface area contributed by atoms with Gasteiger partial charge in [0.2, 0.25) is 0 Å². The number of rotatable bonds is 8. The molecular formula is C25H20BrCl2N3O5. The van der Waals surface area contributed by atoms with Crippen molar-refractivity contribution in [1.82, 2.24) is 5.43 Å². The number of esters is 1. The molecule has 3 aromatic carbocycles. The Hall–Kier alpha value is -3.40. The highest BCUT2D eigenvalue weighted by Crippen LogP contribution is 2.29. The van der Waals surface area contributed by atoms with Gasteiger partial charge in [-0.05, 0) is 61.0 Å². The first-order valence-corrected chi connectivity index (χ1v) is 12.2. The number of ether oxygens (including phenoxy) is 2. The minimum atomic E-state index is -1.04. The molecule has 0 aliphatic rings. The molecular weight excluding hydrogens is 573 g/mol. The highest BCUT2D eigenvalue weighted by molar-refractivity contribution is 9.10. The largest absolute Gasteiger partial charge is 0.494 e. The van der Waals surface area contributed by atoms with E-state index in [1.165, 1.54) is 12.3 Å². The summed E-state index contributed by atoms with van der Waals surface area (Å²) in [6, 6.07) is 16.1. The molecule has 0 aromatic heterocycles. The van der Waals surface area contributed by atoms with E-state index in [1.807, 2.05) is 6.92 Å². The second-order valence-corrected chi connectivity index (χ2v) is 8.90. The second kappa shape index (κ2) is 13.1. The van der Waals surface area contributed by atoms with Crippen molar-refractivity contribution in [3.8, 4) is 11.5 Å². The molecule has 0 saturated carbocycles. The van der Waals surface area contributed by atoms with Gasteiger partial charge in [0, 0.05) is 10.0 Å². The standard InChI is InChI=1S/C25H20BrCl2N3O5/c1-2-12-35-18-9-6-15(7-10-18)25(34)36-21-11-8-17(26)13-16(21)14-29-31-24(33)23(32)30-20-5-3-4-19(27)22(20)28/h3-11,13-14H,2,12H2,1H3,(H,30,32)(H,31,33)/b29-14-. The lowest BCUT2D eigenvalue weighted by molar-refractivity contribution is -0.136. The number of benzene rings is 3. The maximum absolute atomic E-state index is 12.6. The number of carbonyl (C=O) groups excluding carboxylic acids is 3. The van der Waals surface area contributed by atoms with Crippen molar-refractivity contribution in [3.63, 3.8) is 0 Å². The van der Waals surface area contributed by atoms with Crippen molar-refractivity contribution in [3.05, 3.63) is 86.3 Å². The summed E-state index contributed by atoms with van der Waals surface area (Å²) in [5.41, 5.74) is 2.99. The molecule has 0 heterocycles. The van der Waals surface area contributed by atoms with Gasteiger partial charge in [-0.25, -0.2) is 10.2 Å². The fourth-order valence-corrected chi connectivity index (χ4v) is 3.50. The van der Waals surface area contributed by atoms with E-state index in [2.05, 4.69) is 31.8 Å². The zero-order chi connectivity index (χ0) is 26.1. The van der Waals surface area contributed by atoms with E-state index in [0.29, 0.717) is 28.0 Å². The monoisotopic (exact) mass is 591 g/mol. The van der Waals surface area contributed by atoms with Crippen LogP contribution in [0.25, 0.3) is 0 Å². The van der Waals surface area contributed by atoms with E-state index in [0.717, 1.165) is 6.42 Å². The summed E-state index contributed by atoms with van der Waals surface area (Å²) in [6.45, 7) is 2.58. The molecule has 3 aromatic rings. The Morgan fingerprint density at radius 3 is 2.50 bits per heavy atom. The molecule has 11 heteroatoms. The van der Waals surface area contributed by atoms with Gasteiger partial charge in [-0.15, -0.1) is 0 Å². The molecule has 186 valence electrons. The number of nitrogens with zero attached hydrogens (tertiary/aromatic N) is 1. The highest BCUT2D eigenvalue weighted by atomic mass is 79.9. The molecule has 0 saturated heterocycles. The predicted molar refractivity (Wildman–Crippen MR) is 142 cm³/mol. The Labute approximate surface area is 225 Å². The molecule has 0 spiro atoms. The van der Waals surface area contributed by atoms with E-state index >= 15 is 0 Å². The van der Waals surface area contributed by atoms with Crippen LogP contribution in [-0.2, 0) is 9.59 Å². The van der Waals surface area contributed by atoms with E-state index in [-0.39, 0.29) is 21.5 Å². The fourth-order valence-electron chi connectivity index (χ4n) is 2.77. The second-order valence-electron chi connectivity index (χ2n) is 7.20. The van der Waals surface area contributed by atoms with E-state index in [1.54, 1.807) is 54.6 Å². The topological polar surface area (TPSA) is 106 Å². The molecule has 2 amide bonds. The summed E-state index contributed by atoms with van der Waals surface area (Å²) < 4.78 is 11.7. The van der Waals surface area contributed by atoms with Gasteiger partial charge in [-0.2, -0.15) is 5.10 Å². The third kappa shape index (κ3) is 7.55. The SMILES string of the molecule is CCCOc1ccc(C(=O)Oc2ccc(Br)cc2/C=N\NC(=O)C(=O)Nc2cccc(Cl)c2Cl)cc1. The molecule has 2 N–H and O–H groups in total. The van der Waals surface area contributed by atoms with Crippen LogP contribution in [0.15, 0.2) is 70.2 Å². The smallest absolute Gasteiger partial charge is 0.343 e.